The molecule has 1 saturated heterocycles. The summed E-state index contributed by atoms with van der Waals surface area (Å²) in [5, 5.41) is 50.9. The number of fused-ring (bicyclic) bond motifs is 5. The number of aliphatic hydroxyl groups is 2. The molecule has 7 nitrogen and oxygen atoms in total. The van der Waals surface area contributed by atoms with Crippen molar-refractivity contribution in [3.63, 3.8) is 0 Å². The Morgan fingerprint density at radius 2 is 1.57 bits per heavy atom. The summed E-state index contributed by atoms with van der Waals surface area (Å²) in [6.07, 6.45) is -7.66. The zero-order chi connectivity index (χ0) is 20.8. The number of hydrogen-bond acceptors (Lipinski definition) is 6. The number of aliphatic hydroxyl groups excluding tert-OH is 2. The van der Waals surface area contributed by atoms with Crippen LogP contribution in [0.25, 0.3) is 5.69 Å². The SMILES string of the molecule is C[C@]12O[C@](C)(c3c1c(O)n(-c1ccc(C#N)c(C(F)(F)F)c1)c3O)[C@H](O)[C@@H]2O. The summed E-state index contributed by atoms with van der Waals surface area (Å²) >= 11 is 0. The number of ether oxygens (including phenoxy) is 1. The normalized spacial score (nSPS) is 31.1. The summed E-state index contributed by atoms with van der Waals surface area (Å²) in [6, 6.07) is 4.16. The molecule has 28 heavy (non-hydrogen) atoms. The summed E-state index contributed by atoms with van der Waals surface area (Å²) in [5.74, 6) is -1.25. The van der Waals surface area contributed by atoms with Crippen molar-refractivity contribution in [2.75, 3.05) is 0 Å². The molecule has 2 aliphatic heterocycles. The van der Waals surface area contributed by atoms with Gasteiger partial charge in [0.1, 0.15) is 23.4 Å². The largest absolute Gasteiger partial charge is 0.494 e. The Labute approximate surface area is 156 Å². The number of nitriles is 1. The average molecular weight is 396 g/mol. The third-order valence-electron chi connectivity index (χ3n) is 5.65. The van der Waals surface area contributed by atoms with Crippen molar-refractivity contribution >= 4 is 0 Å². The van der Waals surface area contributed by atoms with Crippen LogP contribution >= 0.6 is 0 Å². The van der Waals surface area contributed by atoms with E-state index in [-0.39, 0.29) is 16.8 Å². The first-order valence-corrected chi connectivity index (χ1v) is 8.23. The summed E-state index contributed by atoms with van der Waals surface area (Å²) in [6.45, 7) is 2.81. The van der Waals surface area contributed by atoms with E-state index in [0.29, 0.717) is 6.07 Å². The molecule has 0 unspecified atom stereocenters. The van der Waals surface area contributed by atoms with Gasteiger partial charge in [0.15, 0.2) is 0 Å². The molecule has 2 aromatic rings. The van der Waals surface area contributed by atoms with E-state index < -0.39 is 52.5 Å². The van der Waals surface area contributed by atoms with Crippen LogP contribution in [0.3, 0.4) is 0 Å². The maximum absolute atomic E-state index is 13.3. The Morgan fingerprint density at radius 1 is 1.07 bits per heavy atom. The molecule has 2 aliphatic rings. The minimum atomic E-state index is -4.82. The Bertz CT molecular complexity index is 1010. The van der Waals surface area contributed by atoms with Gasteiger partial charge in [-0.3, -0.25) is 4.57 Å². The lowest BCUT2D eigenvalue weighted by Gasteiger charge is -2.29. The van der Waals surface area contributed by atoms with Crippen LogP contribution in [-0.2, 0) is 22.1 Å². The van der Waals surface area contributed by atoms with Gasteiger partial charge in [0.2, 0.25) is 11.8 Å². The maximum Gasteiger partial charge on any atom is 0.417 e. The summed E-state index contributed by atoms with van der Waals surface area (Å²) in [7, 11) is 0. The molecular weight excluding hydrogens is 381 g/mol. The van der Waals surface area contributed by atoms with Gasteiger partial charge in [0, 0.05) is 0 Å². The van der Waals surface area contributed by atoms with Gasteiger partial charge in [-0.25, -0.2) is 0 Å². The van der Waals surface area contributed by atoms with Gasteiger partial charge in [0.25, 0.3) is 0 Å². The number of benzene rings is 1. The van der Waals surface area contributed by atoms with Gasteiger partial charge in [0.05, 0.1) is 34.0 Å². The van der Waals surface area contributed by atoms with Crippen molar-refractivity contribution < 1.29 is 38.3 Å². The molecular formula is C18H15F3N2O5. The van der Waals surface area contributed by atoms with E-state index in [4.69, 9.17) is 10.00 Å². The lowest BCUT2D eigenvalue weighted by Crippen LogP contribution is -2.44. The van der Waals surface area contributed by atoms with Crippen LogP contribution in [0.2, 0.25) is 0 Å². The second-order valence-electron chi connectivity index (χ2n) is 7.28. The van der Waals surface area contributed by atoms with Crippen LogP contribution in [-0.4, -0.2) is 37.2 Å². The molecule has 4 N–H and O–H groups in total. The Hall–Kier alpha value is -2.74. The zero-order valence-corrected chi connectivity index (χ0v) is 14.6. The van der Waals surface area contributed by atoms with Crippen molar-refractivity contribution in [1.82, 2.24) is 4.57 Å². The van der Waals surface area contributed by atoms with Crippen LogP contribution in [0.5, 0.6) is 11.8 Å². The van der Waals surface area contributed by atoms with E-state index in [0.717, 1.165) is 16.7 Å². The van der Waals surface area contributed by atoms with Gasteiger partial charge >= 0.3 is 6.18 Å². The molecule has 0 saturated carbocycles. The molecule has 0 spiro atoms. The van der Waals surface area contributed by atoms with E-state index in [2.05, 4.69) is 0 Å². The molecule has 0 aliphatic carbocycles. The smallest absolute Gasteiger partial charge is 0.417 e. The number of alkyl halides is 3. The number of halogens is 3. The van der Waals surface area contributed by atoms with Gasteiger partial charge in [-0.05, 0) is 32.0 Å². The molecule has 1 aromatic heterocycles. The highest BCUT2D eigenvalue weighted by Crippen LogP contribution is 2.64. The van der Waals surface area contributed by atoms with Crippen LogP contribution in [0.15, 0.2) is 18.2 Å². The third-order valence-corrected chi connectivity index (χ3v) is 5.65. The minimum absolute atomic E-state index is 0.0109. The number of rotatable bonds is 1. The van der Waals surface area contributed by atoms with Crippen molar-refractivity contribution in [1.29, 1.82) is 5.26 Å². The lowest BCUT2D eigenvalue weighted by atomic mass is 9.76. The fourth-order valence-electron chi connectivity index (χ4n) is 4.30. The molecule has 0 radical (unpaired) electrons. The number of aromatic nitrogens is 1. The highest BCUT2D eigenvalue weighted by Gasteiger charge is 2.69. The topological polar surface area (TPSA) is 119 Å². The fourth-order valence-corrected chi connectivity index (χ4v) is 4.30. The Kier molecular flexibility index (Phi) is 3.45. The monoisotopic (exact) mass is 396 g/mol. The molecule has 4 rings (SSSR count). The van der Waals surface area contributed by atoms with E-state index in [1.54, 1.807) is 0 Å². The third kappa shape index (κ3) is 1.98. The zero-order valence-electron chi connectivity index (χ0n) is 14.6. The predicted molar refractivity (Wildman–Crippen MR) is 86.6 cm³/mol. The first kappa shape index (κ1) is 18.6. The van der Waals surface area contributed by atoms with Gasteiger partial charge < -0.3 is 25.2 Å². The van der Waals surface area contributed by atoms with Crippen molar-refractivity contribution in [2.24, 2.45) is 0 Å². The van der Waals surface area contributed by atoms with E-state index >= 15 is 0 Å². The van der Waals surface area contributed by atoms with E-state index in [9.17, 15) is 33.6 Å². The van der Waals surface area contributed by atoms with Crippen molar-refractivity contribution in [3.05, 3.63) is 40.5 Å². The Morgan fingerprint density at radius 3 is 2.00 bits per heavy atom. The van der Waals surface area contributed by atoms with Crippen LogP contribution in [0, 0.1) is 11.3 Å². The molecule has 4 atom stereocenters. The summed E-state index contributed by atoms with van der Waals surface area (Å²) in [5.41, 5.74) is -5.22. The van der Waals surface area contributed by atoms with Crippen LogP contribution in [0.1, 0.15) is 36.1 Å². The summed E-state index contributed by atoms with van der Waals surface area (Å²) < 4.78 is 46.3. The maximum atomic E-state index is 13.3. The Balaban J connectivity index is 1.99. The van der Waals surface area contributed by atoms with Gasteiger partial charge in [-0.2, -0.15) is 18.4 Å². The minimum Gasteiger partial charge on any atom is -0.494 e. The molecule has 1 aromatic carbocycles. The fraction of sp³-hybridized carbons (Fsp3) is 0.389. The number of hydrogen-bond donors (Lipinski definition) is 4. The molecule has 148 valence electrons. The van der Waals surface area contributed by atoms with Crippen molar-refractivity contribution in [2.45, 2.75) is 43.4 Å². The second-order valence-corrected chi connectivity index (χ2v) is 7.28. The molecule has 3 heterocycles. The molecule has 0 amide bonds. The second kappa shape index (κ2) is 5.20. The first-order valence-electron chi connectivity index (χ1n) is 8.23. The lowest BCUT2D eigenvalue weighted by molar-refractivity contribution is -0.137. The average Bonchev–Trinajstić information content (AvgIpc) is 3.10. The number of aromatic hydroxyl groups is 2. The standard InChI is InChI=1S/C18H15F3N2O5/c1-16-10-11(17(2,28-16)13(25)12(16)24)15(27)23(14(10)26)8-4-3-7(6-22)9(5-8)18(19,20)21/h3-5,12-13,24-27H,1-2H3/t12-,13+,16-,17+. The van der Waals surface area contributed by atoms with Crippen molar-refractivity contribution in [3.8, 4) is 23.5 Å². The highest BCUT2D eigenvalue weighted by atomic mass is 19.4. The molecule has 1 fully saturated rings. The summed E-state index contributed by atoms with van der Waals surface area (Å²) in [4.78, 5) is 0. The molecule has 10 heteroatoms. The quantitative estimate of drug-likeness (QED) is 0.585. The molecule has 2 bridgehead atoms. The first-order chi connectivity index (χ1) is 12.9. The highest BCUT2D eigenvalue weighted by molar-refractivity contribution is 5.63. The van der Waals surface area contributed by atoms with Gasteiger partial charge in [-0.1, -0.05) is 0 Å². The van der Waals surface area contributed by atoms with E-state index in [1.165, 1.54) is 19.9 Å². The van der Waals surface area contributed by atoms with Crippen LogP contribution in [0.4, 0.5) is 13.2 Å². The number of nitrogens with zero attached hydrogens (tertiary/aromatic N) is 2. The van der Waals surface area contributed by atoms with Crippen LogP contribution < -0.4 is 0 Å². The predicted octanol–water partition coefficient (Wildman–Crippen LogP) is 1.97. The van der Waals surface area contributed by atoms with Gasteiger partial charge in [-0.15, -0.1) is 0 Å². The van der Waals surface area contributed by atoms with E-state index in [1.807, 2.05) is 0 Å².